The molecule has 1 N–H and O–H groups in total. The second-order valence-electron chi connectivity index (χ2n) is 6.59. The fourth-order valence-corrected chi connectivity index (χ4v) is 3.13. The molecule has 0 saturated carbocycles. The van der Waals surface area contributed by atoms with Crippen LogP contribution in [0.2, 0.25) is 0 Å². The Morgan fingerprint density at radius 3 is 2.73 bits per heavy atom. The third kappa shape index (κ3) is 3.15. The molecule has 26 heavy (non-hydrogen) atoms. The fourth-order valence-electron chi connectivity index (χ4n) is 3.13. The molecule has 0 aliphatic carbocycles. The molecule has 2 aromatic rings. The summed E-state index contributed by atoms with van der Waals surface area (Å²) >= 11 is 0. The molecule has 0 radical (unpaired) electrons. The highest BCUT2D eigenvalue weighted by Crippen LogP contribution is 2.30. The molecule has 1 fully saturated rings. The van der Waals surface area contributed by atoms with Crippen molar-refractivity contribution in [2.45, 2.75) is 19.8 Å². The van der Waals surface area contributed by atoms with Gasteiger partial charge in [0.1, 0.15) is 5.69 Å². The first-order chi connectivity index (χ1) is 12.3. The number of rotatable bonds is 4. The lowest BCUT2D eigenvalue weighted by molar-refractivity contribution is -0.384. The molecule has 2 heterocycles. The second-order valence-corrected chi connectivity index (χ2v) is 6.59. The van der Waals surface area contributed by atoms with Crippen molar-refractivity contribution in [3.05, 3.63) is 52.3 Å². The van der Waals surface area contributed by atoms with E-state index in [9.17, 15) is 24.8 Å². The summed E-state index contributed by atoms with van der Waals surface area (Å²) < 4.78 is 1.28. The molecule has 136 valence electrons. The third-order valence-electron chi connectivity index (χ3n) is 4.63. The zero-order valence-electron chi connectivity index (χ0n) is 14.2. The number of likely N-dealkylation sites (tertiary alicyclic amines) is 1. The van der Waals surface area contributed by atoms with Crippen molar-refractivity contribution < 1.29 is 19.6 Å². The summed E-state index contributed by atoms with van der Waals surface area (Å²) in [4.78, 5) is 36.3. The summed E-state index contributed by atoms with van der Waals surface area (Å²) in [5.41, 5.74) is -0.719. The summed E-state index contributed by atoms with van der Waals surface area (Å²) in [6, 6.07) is 7.58. The predicted octanol–water partition coefficient (Wildman–Crippen LogP) is 2.11. The fraction of sp³-hybridized carbons (Fsp3) is 0.353. The minimum Gasteiger partial charge on any atom is -0.481 e. The van der Waals surface area contributed by atoms with Crippen molar-refractivity contribution >= 4 is 17.6 Å². The monoisotopic (exact) mass is 358 g/mol. The van der Waals surface area contributed by atoms with Gasteiger partial charge < -0.3 is 10.0 Å². The Morgan fingerprint density at radius 1 is 1.31 bits per heavy atom. The Hall–Kier alpha value is -3.23. The average Bonchev–Trinajstić information content (AvgIpc) is 3.11. The molecular weight excluding hydrogens is 340 g/mol. The largest absolute Gasteiger partial charge is 0.481 e. The minimum atomic E-state index is -0.977. The molecule has 9 heteroatoms. The van der Waals surface area contributed by atoms with Gasteiger partial charge in [0.25, 0.3) is 11.6 Å². The van der Waals surface area contributed by atoms with Crippen LogP contribution >= 0.6 is 0 Å². The van der Waals surface area contributed by atoms with E-state index in [1.807, 2.05) is 0 Å². The van der Waals surface area contributed by atoms with Gasteiger partial charge in [-0.05, 0) is 31.9 Å². The number of carboxylic acids is 1. The van der Waals surface area contributed by atoms with Crippen LogP contribution in [0.15, 0.2) is 36.5 Å². The van der Waals surface area contributed by atoms with Crippen molar-refractivity contribution in [2.24, 2.45) is 5.41 Å². The van der Waals surface area contributed by atoms with E-state index in [4.69, 9.17) is 0 Å². The number of amides is 1. The van der Waals surface area contributed by atoms with Gasteiger partial charge in [-0.15, -0.1) is 0 Å². The normalized spacial score (nSPS) is 20.0. The Bertz CT molecular complexity index is 878. The number of aromatic nitrogens is 2. The Balaban J connectivity index is 1.85. The zero-order chi connectivity index (χ0) is 18.9. The predicted molar refractivity (Wildman–Crippen MR) is 91.1 cm³/mol. The van der Waals surface area contributed by atoms with Crippen LogP contribution in [-0.4, -0.2) is 49.7 Å². The molecule has 9 nitrogen and oxygen atoms in total. The Kier molecular flexibility index (Phi) is 4.45. The second kappa shape index (κ2) is 6.58. The van der Waals surface area contributed by atoms with E-state index >= 15 is 0 Å². The molecule has 1 aromatic heterocycles. The number of nitro benzene ring substituents is 1. The Morgan fingerprint density at radius 2 is 2.04 bits per heavy atom. The van der Waals surface area contributed by atoms with Crippen LogP contribution in [0.5, 0.6) is 0 Å². The summed E-state index contributed by atoms with van der Waals surface area (Å²) in [7, 11) is 0. The Labute approximate surface area is 149 Å². The molecule has 1 aliphatic rings. The van der Waals surface area contributed by atoms with Crippen LogP contribution in [0, 0.1) is 15.5 Å². The van der Waals surface area contributed by atoms with E-state index in [1.54, 1.807) is 25.1 Å². The highest BCUT2D eigenvalue weighted by atomic mass is 16.6. The zero-order valence-corrected chi connectivity index (χ0v) is 14.2. The third-order valence-corrected chi connectivity index (χ3v) is 4.63. The molecule has 1 atom stereocenters. The number of hydrogen-bond acceptors (Lipinski definition) is 5. The lowest BCUT2D eigenvalue weighted by Gasteiger charge is -2.37. The summed E-state index contributed by atoms with van der Waals surface area (Å²) in [6.45, 7) is 2.19. The summed E-state index contributed by atoms with van der Waals surface area (Å²) in [6.07, 6.45) is 2.59. The number of nitro groups is 1. The lowest BCUT2D eigenvalue weighted by Crippen LogP contribution is -2.48. The van der Waals surface area contributed by atoms with Crippen molar-refractivity contribution in [2.75, 3.05) is 13.1 Å². The highest BCUT2D eigenvalue weighted by molar-refractivity contribution is 5.93. The van der Waals surface area contributed by atoms with Crippen molar-refractivity contribution in [3.8, 4) is 5.69 Å². The van der Waals surface area contributed by atoms with Crippen LogP contribution in [0.4, 0.5) is 5.69 Å². The molecule has 1 unspecified atom stereocenters. The van der Waals surface area contributed by atoms with E-state index < -0.39 is 16.3 Å². The molecule has 0 bridgehead atoms. The standard InChI is InChI=1S/C17H18N4O5/c1-17(16(23)24)8-4-9-19(11-17)15(22)12-7-10-20(18-12)13-5-2-3-6-14(13)21(25)26/h2-3,5-7,10H,4,8-9,11H2,1H3,(H,23,24). The first kappa shape index (κ1) is 17.6. The maximum absolute atomic E-state index is 12.7. The maximum Gasteiger partial charge on any atom is 0.311 e. The number of carbonyl (C=O) groups is 2. The number of carbonyl (C=O) groups excluding carboxylic acids is 1. The molecule has 1 saturated heterocycles. The maximum atomic E-state index is 12.7. The van der Waals surface area contributed by atoms with Crippen LogP contribution in [-0.2, 0) is 4.79 Å². The molecular formula is C17H18N4O5. The van der Waals surface area contributed by atoms with Crippen LogP contribution < -0.4 is 0 Å². The molecule has 1 amide bonds. The number of piperidine rings is 1. The summed E-state index contributed by atoms with van der Waals surface area (Å²) in [5, 5.41) is 24.7. The van der Waals surface area contributed by atoms with Crippen molar-refractivity contribution in [1.29, 1.82) is 0 Å². The van der Waals surface area contributed by atoms with E-state index in [0.717, 1.165) is 0 Å². The van der Waals surface area contributed by atoms with Gasteiger partial charge in [0.05, 0.1) is 10.3 Å². The molecule has 1 aromatic carbocycles. The van der Waals surface area contributed by atoms with E-state index in [2.05, 4.69) is 5.10 Å². The van der Waals surface area contributed by atoms with E-state index in [0.29, 0.717) is 19.4 Å². The van der Waals surface area contributed by atoms with Gasteiger partial charge in [-0.25, -0.2) is 4.68 Å². The van der Waals surface area contributed by atoms with Gasteiger partial charge in [0.2, 0.25) is 0 Å². The van der Waals surface area contributed by atoms with Crippen LogP contribution in [0.1, 0.15) is 30.3 Å². The summed E-state index contributed by atoms with van der Waals surface area (Å²) in [5.74, 6) is -1.31. The number of nitrogens with zero attached hydrogens (tertiary/aromatic N) is 4. The molecule has 1 aliphatic heterocycles. The first-order valence-corrected chi connectivity index (χ1v) is 8.14. The number of hydrogen-bond donors (Lipinski definition) is 1. The first-order valence-electron chi connectivity index (χ1n) is 8.14. The molecule has 3 rings (SSSR count). The average molecular weight is 358 g/mol. The highest BCUT2D eigenvalue weighted by Gasteiger charge is 2.39. The minimum absolute atomic E-state index is 0.111. The van der Waals surface area contributed by atoms with Gasteiger partial charge in [-0.2, -0.15) is 5.10 Å². The van der Waals surface area contributed by atoms with E-state index in [-0.39, 0.29) is 29.5 Å². The number of carboxylic acid groups (broad SMARTS) is 1. The number of para-hydroxylation sites is 2. The smallest absolute Gasteiger partial charge is 0.311 e. The number of aliphatic carboxylic acids is 1. The van der Waals surface area contributed by atoms with Gasteiger partial charge in [-0.3, -0.25) is 19.7 Å². The van der Waals surface area contributed by atoms with Gasteiger partial charge in [0, 0.05) is 25.4 Å². The lowest BCUT2D eigenvalue weighted by atomic mass is 9.82. The SMILES string of the molecule is CC1(C(=O)O)CCCN(C(=O)c2ccn(-c3ccccc3[N+](=O)[O-])n2)C1. The van der Waals surface area contributed by atoms with E-state index in [1.165, 1.54) is 27.9 Å². The topological polar surface area (TPSA) is 119 Å². The van der Waals surface area contributed by atoms with Gasteiger partial charge in [-0.1, -0.05) is 12.1 Å². The molecule has 0 spiro atoms. The van der Waals surface area contributed by atoms with Crippen LogP contribution in [0.25, 0.3) is 5.69 Å². The quantitative estimate of drug-likeness (QED) is 0.660. The van der Waals surface area contributed by atoms with Gasteiger partial charge in [0.15, 0.2) is 5.69 Å². The van der Waals surface area contributed by atoms with Crippen LogP contribution in [0.3, 0.4) is 0 Å². The van der Waals surface area contributed by atoms with Gasteiger partial charge >= 0.3 is 5.97 Å². The van der Waals surface area contributed by atoms with Crippen molar-refractivity contribution in [1.82, 2.24) is 14.7 Å². The van der Waals surface area contributed by atoms with Crippen molar-refractivity contribution in [3.63, 3.8) is 0 Å². The number of benzene rings is 1.